The van der Waals surface area contributed by atoms with Gasteiger partial charge in [-0.2, -0.15) is 0 Å². The van der Waals surface area contributed by atoms with E-state index in [-0.39, 0.29) is 23.6 Å². The molecule has 0 saturated carbocycles. The zero-order valence-electron chi connectivity index (χ0n) is 15.9. The van der Waals surface area contributed by atoms with Gasteiger partial charge in [0, 0.05) is 28.8 Å². The van der Waals surface area contributed by atoms with Gasteiger partial charge >= 0.3 is 5.97 Å². The van der Waals surface area contributed by atoms with E-state index in [1.54, 1.807) is 6.92 Å². The maximum Gasteiger partial charge on any atom is 0.353 e. The third kappa shape index (κ3) is 3.10. The Kier molecular flexibility index (Phi) is 5.11. The number of aromatic nitrogens is 1. The molecular formula is C19H23N3O4S2. The fourth-order valence-electron chi connectivity index (χ4n) is 4.16. The van der Waals surface area contributed by atoms with Crippen LogP contribution in [0.1, 0.15) is 32.9 Å². The number of fused-ring (bicyclic) bond motifs is 1. The number of carbonyl (C=O) groups is 2. The van der Waals surface area contributed by atoms with Gasteiger partial charge in [-0.25, -0.2) is 9.78 Å². The van der Waals surface area contributed by atoms with Gasteiger partial charge in [-0.1, -0.05) is 24.8 Å². The molecule has 1 fully saturated rings. The molecule has 0 aromatic carbocycles. The molecule has 4 rings (SSSR count). The van der Waals surface area contributed by atoms with Gasteiger partial charge in [0.15, 0.2) is 4.34 Å². The number of nitrogens with one attached hydrogen (secondary N) is 1. The van der Waals surface area contributed by atoms with E-state index in [9.17, 15) is 19.8 Å². The fraction of sp³-hybridized carbons (Fsp3) is 0.526. The summed E-state index contributed by atoms with van der Waals surface area (Å²) in [7, 11) is 0. The molecule has 0 bridgehead atoms. The van der Waals surface area contributed by atoms with E-state index in [1.807, 2.05) is 12.3 Å². The first-order chi connectivity index (χ1) is 13.3. The van der Waals surface area contributed by atoms with Crippen molar-refractivity contribution in [1.29, 1.82) is 0 Å². The second-order valence-corrected chi connectivity index (χ2v) is 9.77. The smallest absolute Gasteiger partial charge is 0.353 e. The number of nitrogens with zero attached hydrogens (tertiary/aromatic N) is 2. The molecule has 3 aliphatic heterocycles. The van der Waals surface area contributed by atoms with Crippen LogP contribution in [0.4, 0.5) is 0 Å². The van der Waals surface area contributed by atoms with Crippen LogP contribution in [0.15, 0.2) is 26.4 Å². The summed E-state index contributed by atoms with van der Waals surface area (Å²) in [5, 5.41) is 25.1. The van der Waals surface area contributed by atoms with Crippen LogP contribution in [0.5, 0.6) is 0 Å². The summed E-state index contributed by atoms with van der Waals surface area (Å²) < 4.78 is 0.763. The number of thiazole rings is 1. The maximum atomic E-state index is 12.4. The predicted octanol–water partition coefficient (Wildman–Crippen LogP) is 2.15. The molecule has 4 heterocycles. The standard InChI is InChI=1S/C19H23N3O4S2/c1-8-4-5-11(6-20-8)12-7-27-19(21-12)28-16-9(2)14-13(10(3)23)17(24)22(14)15(16)18(25)26/h5,7-10,13-14,20,23H,4,6H2,1-3H3,(H,25,26)/t8?,9-,10-,13-,14-/m1/s1. The summed E-state index contributed by atoms with van der Waals surface area (Å²) in [6.45, 7) is 6.41. The molecule has 150 valence electrons. The number of aliphatic carboxylic acids is 1. The molecule has 3 aliphatic rings. The molecule has 1 unspecified atom stereocenters. The summed E-state index contributed by atoms with van der Waals surface area (Å²) in [5.74, 6) is -2.13. The summed E-state index contributed by atoms with van der Waals surface area (Å²) in [6, 6.07) is 0.162. The van der Waals surface area contributed by atoms with Crippen LogP contribution in [-0.4, -0.2) is 56.7 Å². The van der Waals surface area contributed by atoms with Crippen LogP contribution < -0.4 is 5.32 Å². The van der Waals surface area contributed by atoms with E-state index in [0.717, 1.165) is 28.6 Å². The highest BCUT2D eigenvalue weighted by Crippen LogP contribution is 2.52. The van der Waals surface area contributed by atoms with Gasteiger partial charge < -0.3 is 20.4 Å². The number of β-lactam (4-membered cyclic amide) rings is 1. The Labute approximate surface area is 171 Å². The largest absolute Gasteiger partial charge is 0.477 e. The Morgan fingerprint density at radius 2 is 2.21 bits per heavy atom. The lowest BCUT2D eigenvalue weighted by Crippen LogP contribution is -2.63. The highest BCUT2D eigenvalue weighted by molar-refractivity contribution is 8.04. The number of carboxylic acid groups (broad SMARTS) is 1. The molecule has 3 N–H and O–H groups in total. The number of amides is 1. The third-order valence-corrected chi connectivity index (χ3v) is 7.90. The molecule has 0 aliphatic carbocycles. The average molecular weight is 422 g/mol. The van der Waals surface area contributed by atoms with Crippen LogP contribution >= 0.6 is 23.1 Å². The second-order valence-electron chi connectivity index (χ2n) is 7.62. The summed E-state index contributed by atoms with van der Waals surface area (Å²) in [5.41, 5.74) is 2.10. The number of aliphatic hydroxyl groups excluding tert-OH is 1. The zero-order chi connectivity index (χ0) is 20.2. The van der Waals surface area contributed by atoms with Crippen molar-refractivity contribution in [2.75, 3.05) is 6.54 Å². The molecule has 5 atom stereocenters. The van der Waals surface area contributed by atoms with Gasteiger partial charge in [0.25, 0.3) is 0 Å². The lowest BCUT2D eigenvalue weighted by atomic mass is 9.79. The molecule has 1 aromatic rings. The Morgan fingerprint density at radius 1 is 1.46 bits per heavy atom. The van der Waals surface area contributed by atoms with Crippen molar-refractivity contribution in [2.24, 2.45) is 11.8 Å². The lowest BCUT2D eigenvalue weighted by molar-refractivity contribution is -0.163. The Hall–Kier alpha value is -1.68. The number of carbonyl (C=O) groups excluding carboxylic acids is 1. The number of thioether (sulfide) groups is 1. The summed E-state index contributed by atoms with van der Waals surface area (Å²) >= 11 is 2.81. The van der Waals surface area contributed by atoms with Gasteiger partial charge in [-0.05, 0) is 25.8 Å². The van der Waals surface area contributed by atoms with Crippen molar-refractivity contribution >= 4 is 40.5 Å². The summed E-state index contributed by atoms with van der Waals surface area (Å²) in [4.78, 5) is 31.0. The van der Waals surface area contributed by atoms with Crippen molar-refractivity contribution < 1.29 is 19.8 Å². The van der Waals surface area contributed by atoms with Gasteiger partial charge in [0.1, 0.15) is 5.70 Å². The van der Waals surface area contributed by atoms with Gasteiger partial charge in [0.05, 0.1) is 23.8 Å². The maximum absolute atomic E-state index is 12.4. The minimum atomic E-state index is -1.11. The van der Waals surface area contributed by atoms with Crippen molar-refractivity contribution in [3.05, 3.63) is 27.8 Å². The second kappa shape index (κ2) is 7.29. The predicted molar refractivity (Wildman–Crippen MR) is 108 cm³/mol. The number of carboxylic acids is 1. The van der Waals surface area contributed by atoms with E-state index < -0.39 is 18.0 Å². The minimum Gasteiger partial charge on any atom is -0.477 e. The number of hydrogen-bond acceptors (Lipinski definition) is 7. The van der Waals surface area contributed by atoms with Gasteiger partial charge in [-0.15, -0.1) is 11.3 Å². The average Bonchev–Trinajstić information content (AvgIpc) is 3.18. The number of aliphatic hydroxyl groups is 1. The first kappa shape index (κ1) is 19.6. The molecule has 0 radical (unpaired) electrons. The Bertz CT molecular complexity index is 891. The van der Waals surface area contributed by atoms with E-state index in [2.05, 4.69) is 23.3 Å². The van der Waals surface area contributed by atoms with Crippen LogP contribution in [0, 0.1) is 11.8 Å². The van der Waals surface area contributed by atoms with Crippen LogP contribution in [0.3, 0.4) is 0 Å². The molecule has 1 saturated heterocycles. The zero-order valence-corrected chi connectivity index (χ0v) is 17.5. The van der Waals surface area contributed by atoms with Crippen molar-refractivity contribution in [1.82, 2.24) is 15.2 Å². The van der Waals surface area contributed by atoms with Crippen LogP contribution in [0.2, 0.25) is 0 Å². The lowest BCUT2D eigenvalue weighted by Gasteiger charge is -2.46. The first-order valence-electron chi connectivity index (χ1n) is 9.34. The fourth-order valence-corrected chi connectivity index (χ4v) is 6.27. The van der Waals surface area contributed by atoms with Crippen LogP contribution in [0.25, 0.3) is 5.57 Å². The minimum absolute atomic E-state index is 0.0357. The third-order valence-electron chi connectivity index (χ3n) is 5.68. The monoisotopic (exact) mass is 421 g/mol. The molecule has 0 spiro atoms. The van der Waals surface area contributed by atoms with Crippen LogP contribution in [-0.2, 0) is 9.59 Å². The molecule has 7 nitrogen and oxygen atoms in total. The SMILES string of the molecule is CC1CC=C(c2csc(SC3=C(C(=O)O)N4C(=O)[C@H]([C@@H](C)O)[C@H]4[C@H]3C)n2)CN1. The highest BCUT2D eigenvalue weighted by atomic mass is 32.2. The number of rotatable bonds is 5. The Morgan fingerprint density at radius 3 is 2.82 bits per heavy atom. The molecular weight excluding hydrogens is 398 g/mol. The quantitative estimate of drug-likeness (QED) is 0.626. The van der Waals surface area contributed by atoms with Crippen molar-refractivity contribution in [3.63, 3.8) is 0 Å². The van der Waals surface area contributed by atoms with E-state index in [1.165, 1.54) is 28.0 Å². The first-order valence-corrected chi connectivity index (χ1v) is 11.0. The topological polar surface area (TPSA) is 103 Å². The highest BCUT2D eigenvalue weighted by Gasteiger charge is 2.60. The molecule has 28 heavy (non-hydrogen) atoms. The summed E-state index contributed by atoms with van der Waals surface area (Å²) in [6.07, 6.45) is 2.36. The number of hydrogen-bond donors (Lipinski definition) is 3. The van der Waals surface area contributed by atoms with Gasteiger partial charge in [0.2, 0.25) is 5.91 Å². The van der Waals surface area contributed by atoms with Crippen molar-refractivity contribution in [2.45, 2.75) is 49.7 Å². The molecule has 9 heteroatoms. The van der Waals surface area contributed by atoms with Crippen molar-refractivity contribution in [3.8, 4) is 0 Å². The van der Waals surface area contributed by atoms with Gasteiger partial charge in [-0.3, -0.25) is 4.79 Å². The van der Waals surface area contributed by atoms with E-state index in [0.29, 0.717) is 10.9 Å². The molecule has 1 amide bonds. The molecule has 1 aromatic heterocycles. The normalized spacial score (nSPS) is 30.8. The van der Waals surface area contributed by atoms with E-state index in [4.69, 9.17) is 0 Å². The Balaban J connectivity index is 1.59. The van der Waals surface area contributed by atoms with E-state index >= 15 is 0 Å².